The maximum atomic E-state index is 6.23. The van der Waals surface area contributed by atoms with Crippen LogP contribution in [0, 0.1) is 0 Å². The number of nitrogen functional groups attached to an aromatic ring is 1. The Bertz CT molecular complexity index is 1020. The minimum atomic E-state index is 0.428. The number of hydrogen-bond acceptors (Lipinski definition) is 7. The van der Waals surface area contributed by atoms with Crippen molar-refractivity contribution in [2.24, 2.45) is 0 Å². The van der Waals surface area contributed by atoms with Crippen molar-refractivity contribution >= 4 is 65.6 Å². The van der Waals surface area contributed by atoms with E-state index in [9.17, 15) is 0 Å². The van der Waals surface area contributed by atoms with E-state index in [2.05, 4.69) is 41.5 Å². The summed E-state index contributed by atoms with van der Waals surface area (Å²) in [5.74, 6) is 1.05. The van der Waals surface area contributed by atoms with E-state index in [0.717, 1.165) is 25.5 Å². The van der Waals surface area contributed by atoms with Gasteiger partial charge in [0.2, 0.25) is 0 Å². The van der Waals surface area contributed by atoms with Gasteiger partial charge >= 0.3 is 0 Å². The first kappa shape index (κ1) is 15.8. The molecule has 8 heteroatoms. The predicted octanol–water partition coefficient (Wildman–Crippen LogP) is 4.92. The summed E-state index contributed by atoms with van der Waals surface area (Å²) in [6.07, 6.45) is 1.46. The first-order valence-corrected chi connectivity index (χ1v) is 9.06. The Morgan fingerprint density at radius 2 is 1.64 bits per heavy atom. The second-order valence-corrected chi connectivity index (χ2v) is 7.09. The maximum Gasteiger partial charge on any atom is 0.189 e. The molecule has 4 rings (SSSR count). The highest BCUT2D eigenvalue weighted by atomic mass is 79.9. The molecule has 124 valence electrons. The Morgan fingerprint density at radius 1 is 0.920 bits per heavy atom. The van der Waals surface area contributed by atoms with Crippen LogP contribution in [-0.2, 0) is 0 Å². The summed E-state index contributed by atoms with van der Waals surface area (Å²) in [6, 6.07) is 15.7. The zero-order chi connectivity index (χ0) is 17.2. The Labute approximate surface area is 156 Å². The van der Waals surface area contributed by atoms with Crippen LogP contribution in [-0.4, -0.2) is 15.0 Å². The van der Waals surface area contributed by atoms with Crippen molar-refractivity contribution in [3.8, 4) is 0 Å². The van der Waals surface area contributed by atoms with Crippen molar-refractivity contribution in [3.05, 3.63) is 59.3 Å². The summed E-state index contributed by atoms with van der Waals surface area (Å²) in [7, 11) is 0. The van der Waals surface area contributed by atoms with E-state index in [1.165, 1.54) is 6.33 Å². The van der Waals surface area contributed by atoms with Crippen LogP contribution in [0.3, 0.4) is 0 Å². The second-order valence-electron chi connectivity index (χ2n) is 5.20. The quantitative estimate of drug-likeness (QED) is 0.440. The molecule has 0 saturated heterocycles. The zero-order valence-corrected chi connectivity index (χ0v) is 15.3. The lowest BCUT2D eigenvalue weighted by atomic mass is 10.3. The summed E-state index contributed by atoms with van der Waals surface area (Å²) < 4.78 is 2.03. The Kier molecular flexibility index (Phi) is 4.21. The second kappa shape index (κ2) is 6.66. The lowest BCUT2D eigenvalue weighted by Gasteiger charge is -2.12. The van der Waals surface area contributed by atoms with Crippen LogP contribution < -0.4 is 16.4 Å². The fourth-order valence-corrected chi connectivity index (χ4v) is 3.56. The number of rotatable bonds is 4. The minimum Gasteiger partial charge on any atom is -0.393 e. The molecular weight excluding hydrogens is 400 g/mol. The van der Waals surface area contributed by atoms with Crippen LogP contribution in [0.25, 0.3) is 10.2 Å². The van der Waals surface area contributed by atoms with Crippen molar-refractivity contribution < 1.29 is 0 Å². The summed E-state index contributed by atoms with van der Waals surface area (Å²) in [6.45, 7) is 0. The van der Waals surface area contributed by atoms with Crippen LogP contribution in [0.2, 0.25) is 0 Å². The van der Waals surface area contributed by atoms with Gasteiger partial charge in [0.1, 0.15) is 12.0 Å². The standard InChI is InChI=1S/C17H13BrN6S/c18-10-5-1-2-6-11(10)22-15-14(19)16(21-9-20-15)24-17-23-12-7-3-4-8-13(12)25-17/h1-9H,19H2,(H2,20,21,22,23,24). The van der Waals surface area contributed by atoms with Crippen molar-refractivity contribution in [2.75, 3.05) is 16.4 Å². The van der Waals surface area contributed by atoms with Gasteiger partial charge < -0.3 is 16.4 Å². The molecule has 25 heavy (non-hydrogen) atoms. The average molecular weight is 413 g/mol. The van der Waals surface area contributed by atoms with Gasteiger partial charge in [0, 0.05) is 4.47 Å². The number of anilines is 5. The minimum absolute atomic E-state index is 0.428. The molecular formula is C17H13BrN6S. The van der Waals surface area contributed by atoms with E-state index in [4.69, 9.17) is 5.73 Å². The van der Waals surface area contributed by atoms with Gasteiger partial charge in [-0.1, -0.05) is 35.6 Å². The molecule has 0 aliphatic heterocycles. The molecule has 2 aromatic carbocycles. The van der Waals surface area contributed by atoms with Gasteiger partial charge in [0.25, 0.3) is 0 Å². The third-order valence-electron chi connectivity index (χ3n) is 3.53. The highest BCUT2D eigenvalue weighted by Crippen LogP contribution is 2.33. The van der Waals surface area contributed by atoms with Crippen LogP contribution in [0.1, 0.15) is 0 Å². The lowest BCUT2D eigenvalue weighted by Crippen LogP contribution is -2.05. The molecule has 0 amide bonds. The van der Waals surface area contributed by atoms with Gasteiger partial charge in [-0.05, 0) is 40.2 Å². The Balaban J connectivity index is 1.63. The van der Waals surface area contributed by atoms with Crippen molar-refractivity contribution in [3.63, 3.8) is 0 Å². The molecule has 0 unspecified atom stereocenters. The van der Waals surface area contributed by atoms with Crippen LogP contribution in [0.15, 0.2) is 59.3 Å². The predicted molar refractivity (Wildman–Crippen MR) is 107 cm³/mol. The van der Waals surface area contributed by atoms with Crippen molar-refractivity contribution in [1.82, 2.24) is 15.0 Å². The number of fused-ring (bicyclic) bond motifs is 1. The summed E-state index contributed by atoms with van der Waals surface area (Å²) in [5, 5.41) is 7.13. The fourth-order valence-electron chi connectivity index (χ4n) is 2.31. The average Bonchev–Trinajstić information content (AvgIpc) is 3.02. The fraction of sp³-hybridized carbons (Fsp3) is 0. The van der Waals surface area contributed by atoms with E-state index >= 15 is 0 Å². The molecule has 0 radical (unpaired) electrons. The summed E-state index contributed by atoms with van der Waals surface area (Å²) in [5.41, 5.74) is 8.48. The molecule has 0 spiro atoms. The monoisotopic (exact) mass is 412 g/mol. The molecule has 0 saturated carbocycles. The Hall–Kier alpha value is -2.71. The maximum absolute atomic E-state index is 6.23. The van der Waals surface area contributed by atoms with Crippen LogP contribution in [0.5, 0.6) is 0 Å². The SMILES string of the molecule is Nc1c(Nc2nc3ccccc3s2)ncnc1Nc1ccccc1Br. The van der Waals surface area contributed by atoms with Crippen LogP contribution >= 0.6 is 27.3 Å². The molecule has 0 fully saturated rings. The van der Waals surface area contributed by atoms with Gasteiger partial charge in [-0.3, -0.25) is 0 Å². The molecule has 2 aromatic heterocycles. The molecule has 4 aromatic rings. The first-order valence-electron chi connectivity index (χ1n) is 7.45. The number of nitrogens with two attached hydrogens (primary N) is 1. The number of para-hydroxylation sites is 2. The third kappa shape index (κ3) is 3.26. The first-order chi connectivity index (χ1) is 12.2. The largest absolute Gasteiger partial charge is 0.393 e. The molecule has 4 N–H and O–H groups in total. The number of hydrogen-bond donors (Lipinski definition) is 3. The lowest BCUT2D eigenvalue weighted by molar-refractivity contribution is 1.17. The van der Waals surface area contributed by atoms with Gasteiger partial charge in [-0.2, -0.15) is 0 Å². The molecule has 0 bridgehead atoms. The van der Waals surface area contributed by atoms with Crippen molar-refractivity contribution in [1.29, 1.82) is 0 Å². The highest BCUT2D eigenvalue weighted by molar-refractivity contribution is 9.10. The topological polar surface area (TPSA) is 88.8 Å². The molecule has 0 aliphatic rings. The van der Waals surface area contributed by atoms with Crippen molar-refractivity contribution in [2.45, 2.75) is 0 Å². The number of halogens is 1. The summed E-state index contributed by atoms with van der Waals surface area (Å²) in [4.78, 5) is 13.0. The molecule has 6 nitrogen and oxygen atoms in total. The zero-order valence-electron chi connectivity index (χ0n) is 12.9. The number of nitrogens with one attached hydrogen (secondary N) is 2. The van der Waals surface area contributed by atoms with E-state index in [-0.39, 0.29) is 0 Å². The molecule has 2 heterocycles. The van der Waals surface area contributed by atoms with E-state index in [1.807, 2.05) is 48.5 Å². The number of benzene rings is 2. The van der Waals surface area contributed by atoms with E-state index in [1.54, 1.807) is 11.3 Å². The summed E-state index contributed by atoms with van der Waals surface area (Å²) >= 11 is 5.05. The third-order valence-corrected chi connectivity index (χ3v) is 5.17. The molecule has 0 atom stereocenters. The van der Waals surface area contributed by atoms with E-state index in [0.29, 0.717) is 17.3 Å². The number of nitrogens with zero attached hydrogens (tertiary/aromatic N) is 3. The van der Waals surface area contributed by atoms with Gasteiger partial charge in [-0.15, -0.1) is 0 Å². The van der Waals surface area contributed by atoms with Gasteiger partial charge in [-0.25, -0.2) is 15.0 Å². The number of thiazole rings is 1. The van der Waals surface area contributed by atoms with E-state index < -0.39 is 0 Å². The highest BCUT2D eigenvalue weighted by Gasteiger charge is 2.12. The number of aromatic nitrogens is 3. The normalized spacial score (nSPS) is 10.8. The van der Waals surface area contributed by atoms with Crippen LogP contribution in [0.4, 0.5) is 28.1 Å². The van der Waals surface area contributed by atoms with Gasteiger partial charge in [0.05, 0.1) is 15.9 Å². The Morgan fingerprint density at radius 3 is 2.44 bits per heavy atom. The smallest absolute Gasteiger partial charge is 0.189 e. The molecule has 0 aliphatic carbocycles. The van der Waals surface area contributed by atoms with Gasteiger partial charge in [0.15, 0.2) is 16.8 Å².